The van der Waals surface area contributed by atoms with Crippen LogP contribution < -0.4 is 10.9 Å². The van der Waals surface area contributed by atoms with Crippen molar-refractivity contribution in [3.05, 3.63) is 38.3 Å². The molecule has 0 spiro atoms. The van der Waals surface area contributed by atoms with Gasteiger partial charge in [0.05, 0.1) is 11.1 Å². The van der Waals surface area contributed by atoms with Crippen molar-refractivity contribution in [2.45, 2.75) is 25.8 Å². The highest BCUT2D eigenvalue weighted by molar-refractivity contribution is 5.36. The van der Waals surface area contributed by atoms with Crippen molar-refractivity contribution in [3.63, 3.8) is 0 Å². The molecule has 1 saturated heterocycles. The molecule has 6 nitrogen and oxygen atoms in total. The third-order valence-corrected chi connectivity index (χ3v) is 3.16. The molecule has 2 heterocycles. The summed E-state index contributed by atoms with van der Waals surface area (Å²) >= 11 is 0. The average molecular weight is 237 g/mol. The molecule has 1 aliphatic rings. The Balaban J connectivity index is 2.42. The summed E-state index contributed by atoms with van der Waals surface area (Å²) < 4.78 is 1.51. The van der Waals surface area contributed by atoms with E-state index < -0.39 is 4.92 Å². The summed E-state index contributed by atoms with van der Waals surface area (Å²) in [5.41, 5.74) is 0.285. The second kappa shape index (κ2) is 4.67. The third kappa shape index (κ3) is 2.36. The summed E-state index contributed by atoms with van der Waals surface area (Å²) in [4.78, 5) is 22.2. The molecule has 0 amide bonds. The number of nitrogens with zero attached hydrogens (tertiary/aromatic N) is 2. The first-order valence-corrected chi connectivity index (χ1v) is 5.67. The lowest BCUT2D eigenvalue weighted by Crippen LogP contribution is -2.34. The molecular weight excluding hydrogens is 222 g/mol. The Morgan fingerprint density at radius 3 is 2.71 bits per heavy atom. The van der Waals surface area contributed by atoms with Crippen LogP contribution in [0.5, 0.6) is 0 Å². The summed E-state index contributed by atoms with van der Waals surface area (Å²) in [6.07, 6.45) is 3.05. The van der Waals surface area contributed by atoms with Gasteiger partial charge < -0.3 is 9.88 Å². The zero-order valence-corrected chi connectivity index (χ0v) is 9.68. The maximum Gasteiger partial charge on any atom is 0.288 e. The molecule has 0 unspecified atom stereocenters. The molecule has 0 aliphatic carbocycles. The van der Waals surface area contributed by atoms with E-state index in [4.69, 9.17) is 0 Å². The van der Waals surface area contributed by atoms with Crippen molar-refractivity contribution in [2.24, 2.45) is 0 Å². The fourth-order valence-electron chi connectivity index (χ4n) is 2.19. The zero-order valence-electron chi connectivity index (χ0n) is 9.68. The average Bonchev–Trinajstić information content (AvgIpc) is 2.29. The first-order valence-electron chi connectivity index (χ1n) is 5.67. The molecule has 0 bridgehead atoms. The van der Waals surface area contributed by atoms with Crippen LogP contribution in [0.2, 0.25) is 0 Å². The number of piperidine rings is 1. The van der Waals surface area contributed by atoms with E-state index in [2.05, 4.69) is 5.32 Å². The van der Waals surface area contributed by atoms with Crippen molar-refractivity contribution in [1.82, 2.24) is 9.88 Å². The molecule has 1 aromatic rings. The molecular formula is C11H15N3O3. The fourth-order valence-corrected chi connectivity index (χ4v) is 2.19. The minimum atomic E-state index is -0.438. The SMILES string of the molecule is Cc1cc(=O)n(C2CCNCC2)cc1[N+](=O)[O-]. The molecule has 1 aromatic heterocycles. The molecule has 2 rings (SSSR count). The van der Waals surface area contributed by atoms with Crippen LogP contribution >= 0.6 is 0 Å². The van der Waals surface area contributed by atoms with E-state index in [1.54, 1.807) is 6.92 Å². The van der Waals surface area contributed by atoms with Gasteiger partial charge in [0.2, 0.25) is 0 Å². The number of pyridine rings is 1. The van der Waals surface area contributed by atoms with E-state index in [1.165, 1.54) is 16.8 Å². The number of nitro groups is 1. The molecule has 1 aliphatic heterocycles. The van der Waals surface area contributed by atoms with Crippen molar-refractivity contribution in [1.29, 1.82) is 0 Å². The Labute approximate surface area is 98.4 Å². The van der Waals surface area contributed by atoms with Gasteiger partial charge in [0.1, 0.15) is 0 Å². The highest BCUT2D eigenvalue weighted by atomic mass is 16.6. The van der Waals surface area contributed by atoms with Gasteiger partial charge in [-0.15, -0.1) is 0 Å². The van der Waals surface area contributed by atoms with Gasteiger partial charge in [-0.05, 0) is 32.9 Å². The normalized spacial score (nSPS) is 17.0. The fraction of sp³-hybridized carbons (Fsp3) is 0.545. The Morgan fingerprint density at radius 1 is 1.47 bits per heavy atom. The van der Waals surface area contributed by atoms with Gasteiger partial charge in [-0.25, -0.2) is 0 Å². The molecule has 1 fully saturated rings. The van der Waals surface area contributed by atoms with Crippen LogP contribution in [0, 0.1) is 17.0 Å². The van der Waals surface area contributed by atoms with Gasteiger partial charge in [-0.3, -0.25) is 14.9 Å². The minimum absolute atomic E-state index is 0.0168. The van der Waals surface area contributed by atoms with Gasteiger partial charge in [-0.1, -0.05) is 0 Å². The summed E-state index contributed by atoms with van der Waals surface area (Å²) in [5, 5.41) is 14.0. The number of nitrogens with one attached hydrogen (secondary N) is 1. The largest absolute Gasteiger partial charge is 0.317 e. The molecule has 6 heteroatoms. The van der Waals surface area contributed by atoms with E-state index >= 15 is 0 Å². The Bertz CT molecular complexity index is 489. The first-order chi connectivity index (χ1) is 8.09. The molecule has 1 N–H and O–H groups in total. The zero-order chi connectivity index (χ0) is 12.4. The lowest BCUT2D eigenvalue weighted by molar-refractivity contribution is -0.386. The van der Waals surface area contributed by atoms with Crippen molar-refractivity contribution < 1.29 is 4.92 Å². The quantitative estimate of drug-likeness (QED) is 0.614. The van der Waals surface area contributed by atoms with E-state index in [9.17, 15) is 14.9 Å². The second-order valence-electron chi connectivity index (χ2n) is 4.33. The highest BCUT2D eigenvalue weighted by Crippen LogP contribution is 2.21. The molecule has 0 saturated carbocycles. The van der Waals surface area contributed by atoms with Crippen LogP contribution in [-0.4, -0.2) is 22.6 Å². The van der Waals surface area contributed by atoms with Crippen molar-refractivity contribution in [2.75, 3.05) is 13.1 Å². The number of hydrogen-bond donors (Lipinski definition) is 1. The van der Waals surface area contributed by atoms with Crippen LogP contribution in [-0.2, 0) is 0 Å². The number of rotatable bonds is 2. The van der Waals surface area contributed by atoms with Crippen molar-refractivity contribution >= 4 is 5.69 Å². The van der Waals surface area contributed by atoms with Gasteiger partial charge in [0, 0.05) is 17.7 Å². The van der Waals surface area contributed by atoms with E-state index in [0.717, 1.165) is 25.9 Å². The number of aryl methyl sites for hydroxylation is 1. The molecule has 17 heavy (non-hydrogen) atoms. The van der Waals surface area contributed by atoms with Crippen LogP contribution in [0.25, 0.3) is 0 Å². The summed E-state index contributed by atoms with van der Waals surface area (Å²) in [6, 6.07) is 1.42. The number of aromatic nitrogens is 1. The molecule has 92 valence electrons. The minimum Gasteiger partial charge on any atom is -0.317 e. The van der Waals surface area contributed by atoms with E-state index in [0.29, 0.717) is 5.56 Å². The first kappa shape index (κ1) is 11.8. The van der Waals surface area contributed by atoms with Crippen LogP contribution in [0.3, 0.4) is 0 Å². The molecule has 0 aromatic carbocycles. The van der Waals surface area contributed by atoms with Gasteiger partial charge >= 0.3 is 0 Å². The predicted molar refractivity (Wildman–Crippen MR) is 63.2 cm³/mol. The summed E-state index contributed by atoms with van der Waals surface area (Å²) in [5.74, 6) is 0. The topological polar surface area (TPSA) is 77.2 Å². The maximum absolute atomic E-state index is 11.8. The lowest BCUT2D eigenvalue weighted by Gasteiger charge is -2.24. The predicted octanol–water partition coefficient (Wildman–Crippen LogP) is 0.989. The van der Waals surface area contributed by atoms with Crippen LogP contribution in [0.15, 0.2) is 17.1 Å². The third-order valence-electron chi connectivity index (χ3n) is 3.16. The van der Waals surface area contributed by atoms with Gasteiger partial charge in [0.25, 0.3) is 11.2 Å². The van der Waals surface area contributed by atoms with Gasteiger partial charge in [-0.2, -0.15) is 0 Å². The number of hydrogen-bond acceptors (Lipinski definition) is 4. The van der Waals surface area contributed by atoms with Crippen LogP contribution in [0.1, 0.15) is 24.4 Å². The lowest BCUT2D eigenvalue weighted by atomic mass is 10.1. The molecule has 0 radical (unpaired) electrons. The van der Waals surface area contributed by atoms with Crippen LogP contribution in [0.4, 0.5) is 5.69 Å². The monoisotopic (exact) mass is 237 g/mol. The van der Waals surface area contributed by atoms with E-state index in [1.807, 2.05) is 0 Å². The maximum atomic E-state index is 11.8. The highest BCUT2D eigenvalue weighted by Gasteiger charge is 2.20. The van der Waals surface area contributed by atoms with Gasteiger partial charge in [0.15, 0.2) is 0 Å². The summed E-state index contributed by atoms with van der Waals surface area (Å²) in [7, 11) is 0. The Hall–Kier alpha value is -1.69. The van der Waals surface area contributed by atoms with E-state index in [-0.39, 0.29) is 17.3 Å². The second-order valence-corrected chi connectivity index (χ2v) is 4.33. The Kier molecular flexibility index (Phi) is 3.23. The van der Waals surface area contributed by atoms with Crippen molar-refractivity contribution in [3.8, 4) is 0 Å². The Morgan fingerprint density at radius 2 is 2.12 bits per heavy atom. The standard InChI is InChI=1S/C11H15N3O3/c1-8-6-11(15)13(7-10(8)14(16)17)9-2-4-12-5-3-9/h6-7,9,12H,2-5H2,1H3. The smallest absolute Gasteiger partial charge is 0.288 e. The summed E-state index contributed by atoms with van der Waals surface area (Å²) in [6.45, 7) is 3.28. The molecule has 0 atom stereocenters.